The Morgan fingerprint density at radius 3 is 2.20 bits per heavy atom. The van der Waals surface area contributed by atoms with E-state index in [1.165, 1.54) is 35.6 Å². The van der Waals surface area contributed by atoms with Gasteiger partial charge in [0.2, 0.25) is 0 Å². The van der Waals surface area contributed by atoms with Crippen LogP contribution in [0.1, 0.15) is 16.0 Å². The molecule has 2 aromatic carbocycles. The predicted molar refractivity (Wildman–Crippen MR) is 94.8 cm³/mol. The fraction of sp³-hybridized carbons (Fsp3) is 0.0500. The van der Waals surface area contributed by atoms with Gasteiger partial charge < -0.3 is 4.74 Å². The minimum Gasteiger partial charge on any atom is -0.457 e. The van der Waals surface area contributed by atoms with Crippen molar-refractivity contribution < 1.29 is 18.3 Å². The molecule has 0 N–H and O–H groups in total. The van der Waals surface area contributed by atoms with Gasteiger partial charge in [-0.15, -0.1) is 11.3 Å². The second kappa shape index (κ2) is 7.85. The van der Waals surface area contributed by atoms with E-state index in [1.54, 1.807) is 30.3 Å². The van der Waals surface area contributed by atoms with Crippen LogP contribution in [0.5, 0.6) is 0 Å². The fourth-order valence-electron chi connectivity index (χ4n) is 2.20. The van der Waals surface area contributed by atoms with Crippen molar-refractivity contribution in [2.24, 2.45) is 0 Å². The van der Waals surface area contributed by atoms with Crippen LogP contribution in [-0.4, -0.2) is 5.97 Å². The van der Waals surface area contributed by atoms with Gasteiger partial charge in [0.25, 0.3) is 0 Å². The van der Waals surface area contributed by atoms with Crippen LogP contribution in [0.15, 0.2) is 66.0 Å². The molecule has 2 nitrogen and oxygen atoms in total. The molecule has 126 valence electrons. The Kier molecular flexibility index (Phi) is 5.36. The minimum atomic E-state index is -0.490. The van der Waals surface area contributed by atoms with Crippen LogP contribution >= 0.6 is 11.3 Å². The summed E-state index contributed by atoms with van der Waals surface area (Å²) in [6.07, 6.45) is 1.66. The van der Waals surface area contributed by atoms with Gasteiger partial charge in [0.1, 0.15) is 18.2 Å². The van der Waals surface area contributed by atoms with Crippen LogP contribution in [-0.2, 0) is 16.1 Å². The van der Waals surface area contributed by atoms with E-state index in [0.29, 0.717) is 16.7 Å². The van der Waals surface area contributed by atoms with Crippen molar-refractivity contribution in [2.75, 3.05) is 0 Å². The third kappa shape index (κ3) is 4.61. The monoisotopic (exact) mass is 356 g/mol. The molecule has 0 saturated carbocycles. The van der Waals surface area contributed by atoms with Crippen molar-refractivity contribution in [3.8, 4) is 0 Å². The molecular weight excluding hydrogens is 342 g/mol. The average Bonchev–Trinajstić information content (AvgIpc) is 3.15. The second-order valence-corrected chi connectivity index (χ2v) is 6.24. The number of carbonyl (C=O) groups is 1. The van der Waals surface area contributed by atoms with Gasteiger partial charge in [-0.25, -0.2) is 13.6 Å². The average molecular weight is 356 g/mol. The fourth-order valence-corrected chi connectivity index (χ4v) is 2.93. The zero-order valence-corrected chi connectivity index (χ0v) is 13.9. The maximum absolute atomic E-state index is 13.1. The molecule has 0 bridgehead atoms. The number of halogens is 2. The largest absolute Gasteiger partial charge is 0.457 e. The number of carbonyl (C=O) groups excluding carboxylic acids is 1. The first-order chi connectivity index (χ1) is 12.1. The zero-order chi connectivity index (χ0) is 17.6. The van der Waals surface area contributed by atoms with E-state index in [9.17, 15) is 13.6 Å². The van der Waals surface area contributed by atoms with Crippen LogP contribution < -0.4 is 0 Å². The summed E-state index contributed by atoms with van der Waals surface area (Å²) in [6.45, 7) is 0.0469. The van der Waals surface area contributed by atoms with E-state index in [0.717, 1.165) is 4.88 Å². The molecule has 0 aliphatic heterocycles. The van der Waals surface area contributed by atoms with Crippen LogP contribution in [0.25, 0.3) is 11.6 Å². The molecule has 0 radical (unpaired) electrons. The Morgan fingerprint density at radius 1 is 0.960 bits per heavy atom. The molecule has 0 amide bonds. The number of rotatable bonds is 5. The van der Waals surface area contributed by atoms with Gasteiger partial charge >= 0.3 is 5.97 Å². The number of hydrogen-bond donors (Lipinski definition) is 0. The molecule has 1 aromatic heterocycles. The number of ether oxygens (including phenoxy) is 1. The maximum atomic E-state index is 13.1. The SMILES string of the molecule is O=C(OCc1ccc(F)cc1)/C(=C/c1ccc(F)cc1)c1cccs1. The highest BCUT2D eigenvalue weighted by molar-refractivity contribution is 7.11. The van der Waals surface area contributed by atoms with Crippen LogP contribution in [0, 0.1) is 11.6 Å². The highest BCUT2D eigenvalue weighted by Gasteiger charge is 2.15. The first kappa shape index (κ1) is 17.0. The smallest absolute Gasteiger partial charge is 0.339 e. The van der Waals surface area contributed by atoms with Crippen molar-refractivity contribution in [3.63, 3.8) is 0 Å². The second-order valence-electron chi connectivity index (χ2n) is 5.29. The summed E-state index contributed by atoms with van der Waals surface area (Å²) in [5, 5.41) is 1.86. The number of esters is 1. The quantitative estimate of drug-likeness (QED) is 0.457. The lowest BCUT2D eigenvalue weighted by atomic mass is 10.1. The molecule has 0 unspecified atom stereocenters. The summed E-state index contributed by atoms with van der Waals surface area (Å²) in [6, 6.07) is 15.3. The van der Waals surface area contributed by atoms with Crippen LogP contribution in [0.4, 0.5) is 8.78 Å². The molecule has 0 fully saturated rings. The highest BCUT2D eigenvalue weighted by Crippen LogP contribution is 2.25. The van der Waals surface area contributed by atoms with Crippen molar-refractivity contribution in [1.82, 2.24) is 0 Å². The minimum absolute atomic E-state index is 0.0469. The summed E-state index contributed by atoms with van der Waals surface area (Å²) >= 11 is 1.41. The topological polar surface area (TPSA) is 26.3 Å². The van der Waals surface area contributed by atoms with Gasteiger partial charge in [0.15, 0.2) is 0 Å². The van der Waals surface area contributed by atoms with E-state index >= 15 is 0 Å². The number of hydrogen-bond acceptors (Lipinski definition) is 3. The molecule has 0 aliphatic rings. The molecular formula is C20H14F2O2S. The lowest BCUT2D eigenvalue weighted by molar-refractivity contribution is -0.137. The van der Waals surface area contributed by atoms with Crippen molar-refractivity contribution in [3.05, 3.63) is 93.7 Å². The lowest BCUT2D eigenvalue weighted by Gasteiger charge is -2.08. The first-order valence-electron chi connectivity index (χ1n) is 7.54. The third-order valence-corrected chi connectivity index (χ3v) is 4.37. The predicted octanol–water partition coefficient (Wildman–Crippen LogP) is 5.31. The zero-order valence-electron chi connectivity index (χ0n) is 13.1. The Labute approximate surface area is 148 Å². The van der Waals surface area contributed by atoms with E-state index < -0.39 is 5.97 Å². The standard InChI is InChI=1S/C20H14F2O2S/c21-16-7-3-14(4-8-16)12-18(19-2-1-11-25-19)20(23)24-13-15-5-9-17(22)10-6-15/h1-12H,13H2/b18-12+. The third-order valence-electron chi connectivity index (χ3n) is 3.47. The molecule has 0 saturated heterocycles. The van der Waals surface area contributed by atoms with E-state index in [4.69, 9.17) is 4.74 Å². The first-order valence-corrected chi connectivity index (χ1v) is 8.42. The van der Waals surface area contributed by atoms with Crippen molar-refractivity contribution >= 4 is 29.0 Å². The Bertz CT molecular complexity index is 867. The lowest BCUT2D eigenvalue weighted by Crippen LogP contribution is -2.06. The number of thiophene rings is 1. The van der Waals surface area contributed by atoms with Crippen LogP contribution in [0.2, 0.25) is 0 Å². The van der Waals surface area contributed by atoms with E-state index in [1.807, 2.05) is 17.5 Å². The van der Waals surface area contributed by atoms with Crippen molar-refractivity contribution in [2.45, 2.75) is 6.61 Å². The summed E-state index contributed by atoms with van der Waals surface area (Å²) in [4.78, 5) is 13.3. The molecule has 5 heteroatoms. The molecule has 25 heavy (non-hydrogen) atoms. The Balaban J connectivity index is 1.80. The maximum Gasteiger partial charge on any atom is 0.339 e. The van der Waals surface area contributed by atoms with Gasteiger partial charge in [-0.2, -0.15) is 0 Å². The summed E-state index contributed by atoms with van der Waals surface area (Å²) in [5.41, 5.74) is 1.79. The molecule has 0 aliphatic carbocycles. The Hall–Kier alpha value is -2.79. The normalized spacial score (nSPS) is 11.4. The van der Waals surface area contributed by atoms with E-state index in [2.05, 4.69) is 0 Å². The molecule has 3 rings (SSSR count). The molecule has 0 spiro atoms. The molecule has 0 atom stereocenters. The molecule has 3 aromatic rings. The number of benzene rings is 2. The van der Waals surface area contributed by atoms with Gasteiger partial charge in [0, 0.05) is 4.88 Å². The summed E-state index contributed by atoms with van der Waals surface area (Å²) < 4.78 is 31.3. The summed E-state index contributed by atoms with van der Waals surface area (Å²) in [5.74, 6) is -1.17. The van der Waals surface area contributed by atoms with Crippen LogP contribution in [0.3, 0.4) is 0 Å². The van der Waals surface area contributed by atoms with Gasteiger partial charge in [-0.1, -0.05) is 30.3 Å². The van der Waals surface area contributed by atoms with Gasteiger partial charge in [-0.3, -0.25) is 0 Å². The van der Waals surface area contributed by atoms with E-state index in [-0.39, 0.29) is 18.2 Å². The summed E-state index contributed by atoms with van der Waals surface area (Å²) in [7, 11) is 0. The van der Waals surface area contributed by atoms with Crippen molar-refractivity contribution in [1.29, 1.82) is 0 Å². The molecule has 1 heterocycles. The van der Waals surface area contributed by atoms with Gasteiger partial charge in [-0.05, 0) is 52.9 Å². The highest BCUT2D eigenvalue weighted by atomic mass is 32.1. The van der Waals surface area contributed by atoms with Gasteiger partial charge in [0.05, 0.1) is 5.57 Å². The Morgan fingerprint density at radius 2 is 1.60 bits per heavy atom.